The molecule has 2 aromatic rings. The Hall–Kier alpha value is -2.77. The third-order valence-corrected chi connectivity index (χ3v) is 4.36. The number of nitrogens with one attached hydrogen (secondary N) is 2. The molecule has 5 heteroatoms. The van der Waals surface area contributed by atoms with Gasteiger partial charge in [-0.3, -0.25) is 4.79 Å². The van der Waals surface area contributed by atoms with E-state index >= 15 is 0 Å². The minimum Gasteiger partial charge on any atom is -0.360 e. The van der Waals surface area contributed by atoms with Crippen LogP contribution in [-0.2, 0) is 11.2 Å². The minimum absolute atomic E-state index is 0.0169. The Morgan fingerprint density at radius 2 is 1.88 bits per heavy atom. The molecule has 26 heavy (non-hydrogen) atoms. The smallest absolute Gasteiger partial charge is 0.267 e. The Balaban J connectivity index is 2.01. The largest absolute Gasteiger partial charge is 0.360 e. The summed E-state index contributed by atoms with van der Waals surface area (Å²) in [5.74, 6) is -0.487. The summed E-state index contributed by atoms with van der Waals surface area (Å²) in [6.45, 7) is 4.05. The number of halogens is 1. The Bertz CT molecular complexity index is 835. The highest BCUT2D eigenvalue weighted by atomic mass is 35.5. The number of hydrogen-bond acceptors (Lipinski definition) is 3. The van der Waals surface area contributed by atoms with Crippen molar-refractivity contribution in [1.29, 1.82) is 5.26 Å². The van der Waals surface area contributed by atoms with Gasteiger partial charge in [-0.05, 0) is 55.2 Å². The van der Waals surface area contributed by atoms with Crippen molar-refractivity contribution in [1.82, 2.24) is 0 Å². The Morgan fingerprint density at radius 3 is 2.50 bits per heavy atom. The van der Waals surface area contributed by atoms with Crippen LogP contribution < -0.4 is 10.6 Å². The lowest BCUT2D eigenvalue weighted by Gasteiger charge is -2.07. The number of amides is 1. The van der Waals surface area contributed by atoms with Gasteiger partial charge in [0.05, 0.1) is 0 Å². The normalized spacial score (nSPS) is 10.9. The first kappa shape index (κ1) is 19.6. The van der Waals surface area contributed by atoms with Crippen LogP contribution in [0.5, 0.6) is 0 Å². The summed E-state index contributed by atoms with van der Waals surface area (Å²) >= 11 is 6.05. The fraction of sp³-hybridized carbons (Fsp3) is 0.238. The van der Waals surface area contributed by atoms with E-state index in [0.717, 1.165) is 30.5 Å². The van der Waals surface area contributed by atoms with Gasteiger partial charge in [0.15, 0.2) is 0 Å². The maximum Gasteiger partial charge on any atom is 0.267 e. The number of hydrogen-bond donors (Lipinski definition) is 2. The molecule has 1 amide bonds. The van der Waals surface area contributed by atoms with Crippen molar-refractivity contribution in [3.8, 4) is 6.07 Å². The standard InChI is InChI=1S/C21H22ClN3O/c1-3-4-5-16-7-10-18(11-8-16)24-14-17(13-23)21(26)25-19-9-6-15(2)20(22)12-19/h6-12,14,24H,3-5H2,1-2H3,(H,25,26)/b17-14-. The van der Waals surface area contributed by atoms with Gasteiger partial charge in [0.2, 0.25) is 0 Å². The van der Waals surface area contributed by atoms with Gasteiger partial charge in [0.1, 0.15) is 11.6 Å². The van der Waals surface area contributed by atoms with Crippen molar-refractivity contribution in [2.45, 2.75) is 33.1 Å². The summed E-state index contributed by atoms with van der Waals surface area (Å²) in [5, 5.41) is 15.5. The highest BCUT2D eigenvalue weighted by molar-refractivity contribution is 6.31. The summed E-state index contributed by atoms with van der Waals surface area (Å²) in [6.07, 6.45) is 4.79. The molecule has 0 bridgehead atoms. The maximum absolute atomic E-state index is 12.2. The van der Waals surface area contributed by atoms with Gasteiger partial charge in [-0.25, -0.2) is 0 Å². The molecule has 0 aliphatic rings. The number of carbonyl (C=O) groups is 1. The zero-order valence-electron chi connectivity index (χ0n) is 15.0. The summed E-state index contributed by atoms with van der Waals surface area (Å²) in [4.78, 5) is 12.2. The van der Waals surface area contributed by atoms with Crippen molar-refractivity contribution >= 4 is 28.9 Å². The lowest BCUT2D eigenvalue weighted by Crippen LogP contribution is -2.14. The van der Waals surface area contributed by atoms with Crippen molar-refractivity contribution in [2.75, 3.05) is 10.6 Å². The molecule has 0 aliphatic heterocycles. The zero-order chi connectivity index (χ0) is 18.9. The van der Waals surface area contributed by atoms with E-state index in [1.165, 1.54) is 11.8 Å². The fourth-order valence-electron chi connectivity index (χ4n) is 2.32. The monoisotopic (exact) mass is 367 g/mol. The van der Waals surface area contributed by atoms with E-state index in [9.17, 15) is 10.1 Å². The predicted molar refractivity (Wildman–Crippen MR) is 107 cm³/mol. The number of aryl methyl sites for hydroxylation is 2. The fourth-order valence-corrected chi connectivity index (χ4v) is 2.50. The molecule has 0 aliphatic carbocycles. The molecule has 2 N–H and O–H groups in total. The minimum atomic E-state index is -0.487. The third-order valence-electron chi connectivity index (χ3n) is 3.95. The molecule has 0 spiro atoms. The number of nitrogens with zero attached hydrogens (tertiary/aromatic N) is 1. The molecule has 134 valence electrons. The molecular weight excluding hydrogens is 346 g/mol. The summed E-state index contributed by atoms with van der Waals surface area (Å²) < 4.78 is 0. The summed E-state index contributed by atoms with van der Waals surface area (Å²) in [5.41, 5.74) is 3.55. The number of unbranched alkanes of at least 4 members (excludes halogenated alkanes) is 1. The molecular formula is C21H22ClN3O. The van der Waals surface area contributed by atoms with Crippen LogP contribution in [0.3, 0.4) is 0 Å². The lowest BCUT2D eigenvalue weighted by molar-refractivity contribution is -0.112. The van der Waals surface area contributed by atoms with Crippen LogP contribution in [0.1, 0.15) is 30.9 Å². The van der Waals surface area contributed by atoms with Gasteiger partial charge in [-0.1, -0.05) is 43.1 Å². The van der Waals surface area contributed by atoms with Crippen LogP contribution in [-0.4, -0.2) is 5.91 Å². The van der Waals surface area contributed by atoms with Crippen LogP contribution in [0.2, 0.25) is 5.02 Å². The van der Waals surface area contributed by atoms with Gasteiger partial charge in [0, 0.05) is 22.6 Å². The SMILES string of the molecule is CCCCc1ccc(N/C=C(/C#N)C(=O)Nc2ccc(C)c(Cl)c2)cc1. The molecule has 2 rings (SSSR count). The Labute approximate surface area is 159 Å². The molecule has 0 saturated heterocycles. The second-order valence-electron chi connectivity index (χ2n) is 6.03. The van der Waals surface area contributed by atoms with Crippen molar-refractivity contribution in [3.05, 3.63) is 70.4 Å². The Morgan fingerprint density at radius 1 is 1.19 bits per heavy atom. The number of anilines is 2. The van der Waals surface area contributed by atoms with E-state index in [2.05, 4.69) is 17.6 Å². The molecule has 0 radical (unpaired) electrons. The second-order valence-corrected chi connectivity index (χ2v) is 6.44. The average molecular weight is 368 g/mol. The summed E-state index contributed by atoms with van der Waals surface area (Å²) in [7, 11) is 0. The highest BCUT2D eigenvalue weighted by Gasteiger charge is 2.10. The second kappa shape index (κ2) is 9.65. The first-order chi connectivity index (χ1) is 12.5. The number of carbonyl (C=O) groups excluding carboxylic acids is 1. The van der Waals surface area contributed by atoms with Crippen molar-refractivity contribution in [3.63, 3.8) is 0 Å². The summed E-state index contributed by atoms with van der Waals surface area (Å²) in [6, 6.07) is 15.1. The topological polar surface area (TPSA) is 64.9 Å². The van der Waals surface area contributed by atoms with E-state index in [1.807, 2.05) is 43.3 Å². The predicted octanol–water partition coefficient (Wildman–Crippen LogP) is 5.45. The van der Waals surface area contributed by atoms with Gasteiger partial charge in [-0.2, -0.15) is 5.26 Å². The van der Waals surface area contributed by atoms with E-state index in [0.29, 0.717) is 10.7 Å². The van der Waals surface area contributed by atoms with Crippen molar-refractivity contribution < 1.29 is 4.79 Å². The van der Waals surface area contributed by atoms with E-state index < -0.39 is 5.91 Å². The molecule has 0 aromatic heterocycles. The molecule has 4 nitrogen and oxygen atoms in total. The van der Waals surface area contributed by atoms with Crippen LogP contribution in [0.25, 0.3) is 0 Å². The van der Waals surface area contributed by atoms with Crippen LogP contribution in [0.15, 0.2) is 54.2 Å². The van der Waals surface area contributed by atoms with Crippen molar-refractivity contribution in [2.24, 2.45) is 0 Å². The van der Waals surface area contributed by atoms with E-state index in [4.69, 9.17) is 11.6 Å². The average Bonchev–Trinajstić information content (AvgIpc) is 2.64. The van der Waals surface area contributed by atoms with Gasteiger partial charge in [0.25, 0.3) is 5.91 Å². The first-order valence-corrected chi connectivity index (χ1v) is 8.94. The maximum atomic E-state index is 12.2. The third kappa shape index (κ3) is 5.65. The first-order valence-electron chi connectivity index (χ1n) is 8.56. The quantitative estimate of drug-likeness (QED) is 0.505. The number of benzene rings is 2. The zero-order valence-corrected chi connectivity index (χ0v) is 15.7. The molecule has 2 aromatic carbocycles. The lowest BCUT2D eigenvalue weighted by atomic mass is 10.1. The molecule has 0 heterocycles. The van der Waals surface area contributed by atoms with Crippen LogP contribution in [0, 0.1) is 18.3 Å². The molecule has 0 atom stereocenters. The van der Waals surface area contributed by atoms with Gasteiger partial charge in [-0.15, -0.1) is 0 Å². The highest BCUT2D eigenvalue weighted by Crippen LogP contribution is 2.20. The van der Waals surface area contributed by atoms with Gasteiger partial charge >= 0.3 is 0 Å². The number of nitriles is 1. The van der Waals surface area contributed by atoms with E-state index in [-0.39, 0.29) is 5.57 Å². The Kier molecular flexibility index (Phi) is 7.25. The number of rotatable bonds is 7. The molecule has 0 fully saturated rings. The van der Waals surface area contributed by atoms with E-state index in [1.54, 1.807) is 12.1 Å². The van der Waals surface area contributed by atoms with Crippen LogP contribution >= 0.6 is 11.6 Å². The van der Waals surface area contributed by atoms with Gasteiger partial charge < -0.3 is 10.6 Å². The van der Waals surface area contributed by atoms with Crippen LogP contribution in [0.4, 0.5) is 11.4 Å². The molecule has 0 unspecified atom stereocenters. The molecule has 0 saturated carbocycles.